The van der Waals surface area contributed by atoms with Crippen LogP contribution in [0.15, 0.2) is 41.6 Å². The number of nitro groups is 1. The number of hydrogen-bond donors (Lipinski definition) is 1. The summed E-state index contributed by atoms with van der Waals surface area (Å²) >= 11 is 5.84. The van der Waals surface area contributed by atoms with E-state index in [1.54, 1.807) is 0 Å². The molecule has 0 saturated carbocycles. The van der Waals surface area contributed by atoms with Gasteiger partial charge in [-0.25, -0.2) is 4.79 Å². The maximum absolute atomic E-state index is 12.7. The Labute approximate surface area is 171 Å². The highest BCUT2D eigenvalue weighted by Crippen LogP contribution is 2.37. The Morgan fingerprint density at radius 2 is 1.97 bits per heavy atom. The van der Waals surface area contributed by atoms with Crippen LogP contribution < -0.4 is 4.74 Å². The van der Waals surface area contributed by atoms with Crippen LogP contribution in [0.5, 0.6) is 11.5 Å². The number of carboxylic acids is 1. The van der Waals surface area contributed by atoms with Crippen molar-refractivity contribution in [1.29, 1.82) is 0 Å². The monoisotopic (exact) mass is 448 g/mol. The van der Waals surface area contributed by atoms with E-state index in [9.17, 15) is 28.1 Å². The fourth-order valence-corrected chi connectivity index (χ4v) is 2.36. The van der Waals surface area contributed by atoms with Gasteiger partial charge in [-0.1, -0.05) is 11.6 Å². The third-order valence-corrected chi connectivity index (χ3v) is 3.71. The van der Waals surface area contributed by atoms with Crippen LogP contribution in [0.1, 0.15) is 11.1 Å². The van der Waals surface area contributed by atoms with Gasteiger partial charge in [-0.3, -0.25) is 10.1 Å². The average molecular weight is 449 g/mol. The number of nitro benzene ring substituents is 1. The molecule has 2 aromatic rings. The summed E-state index contributed by atoms with van der Waals surface area (Å²) in [6, 6.07) is 5.75. The molecule has 9 nitrogen and oxygen atoms in total. The number of hydrogen-bond acceptors (Lipinski definition) is 7. The van der Waals surface area contributed by atoms with E-state index in [0.717, 1.165) is 31.4 Å². The van der Waals surface area contributed by atoms with Gasteiger partial charge in [0.1, 0.15) is 17.1 Å². The molecule has 1 N–H and O–H groups in total. The minimum absolute atomic E-state index is 0.0414. The molecule has 0 bridgehead atoms. The van der Waals surface area contributed by atoms with E-state index >= 15 is 0 Å². The lowest BCUT2D eigenvalue weighted by atomic mass is 10.1. The molecule has 0 amide bonds. The van der Waals surface area contributed by atoms with E-state index in [1.807, 2.05) is 0 Å². The predicted molar refractivity (Wildman–Crippen MR) is 96.8 cm³/mol. The van der Waals surface area contributed by atoms with Gasteiger partial charge in [0.05, 0.1) is 22.6 Å². The standard InChI is InChI=1S/C17H12ClF3N2O7/c1-28-16(22-29-8-15(24)25)11-7-10(3-4-13(11)23(26)27)30-14-5-2-9(6-12(14)18)17(19,20)21/h2-7H,8H2,1H3,(H,24,25). The summed E-state index contributed by atoms with van der Waals surface area (Å²) in [4.78, 5) is 25.6. The summed E-state index contributed by atoms with van der Waals surface area (Å²) in [7, 11) is 1.12. The molecule has 30 heavy (non-hydrogen) atoms. The molecular formula is C17H12ClF3N2O7. The number of halogens is 4. The molecule has 0 radical (unpaired) electrons. The van der Waals surface area contributed by atoms with Crippen LogP contribution in [-0.2, 0) is 20.5 Å². The van der Waals surface area contributed by atoms with Crippen molar-refractivity contribution in [2.75, 3.05) is 13.7 Å². The Bertz CT molecular complexity index is 996. The van der Waals surface area contributed by atoms with Gasteiger partial charge in [0.25, 0.3) is 11.6 Å². The van der Waals surface area contributed by atoms with Crippen LogP contribution in [0.2, 0.25) is 5.02 Å². The predicted octanol–water partition coefficient (Wildman–Crippen LogP) is 4.47. The fraction of sp³-hybridized carbons (Fsp3) is 0.176. The zero-order valence-corrected chi connectivity index (χ0v) is 15.7. The van der Waals surface area contributed by atoms with Crippen molar-refractivity contribution in [1.82, 2.24) is 0 Å². The first-order valence-electron chi connectivity index (χ1n) is 7.82. The second-order valence-electron chi connectivity index (χ2n) is 5.45. The number of methoxy groups -OCH3 is 1. The Hall–Kier alpha value is -3.54. The highest BCUT2D eigenvalue weighted by atomic mass is 35.5. The zero-order chi connectivity index (χ0) is 22.5. The largest absolute Gasteiger partial charge is 0.479 e. The topological polar surface area (TPSA) is 120 Å². The summed E-state index contributed by atoms with van der Waals surface area (Å²) in [5.41, 5.74) is -1.68. The van der Waals surface area contributed by atoms with Crippen LogP contribution in [0, 0.1) is 10.1 Å². The first kappa shape index (κ1) is 22.7. The molecule has 0 unspecified atom stereocenters. The fourth-order valence-electron chi connectivity index (χ4n) is 2.14. The van der Waals surface area contributed by atoms with Crippen molar-refractivity contribution in [2.24, 2.45) is 5.16 Å². The van der Waals surface area contributed by atoms with E-state index in [4.69, 9.17) is 26.2 Å². The molecular weight excluding hydrogens is 437 g/mol. The highest BCUT2D eigenvalue weighted by molar-refractivity contribution is 6.32. The quantitative estimate of drug-likeness (QED) is 0.287. The minimum atomic E-state index is -4.59. The molecule has 0 aliphatic rings. The number of oxime groups is 1. The first-order valence-corrected chi connectivity index (χ1v) is 8.20. The molecule has 0 saturated heterocycles. The van der Waals surface area contributed by atoms with Gasteiger partial charge in [0, 0.05) is 12.1 Å². The molecule has 0 aliphatic heterocycles. The first-order chi connectivity index (χ1) is 14.0. The number of carbonyl (C=O) groups is 1. The number of rotatable bonds is 7. The van der Waals surface area contributed by atoms with E-state index in [-0.39, 0.29) is 22.1 Å². The van der Waals surface area contributed by atoms with Gasteiger partial charge in [-0.15, -0.1) is 0 Å². The van der Waals surface area contributed by atoms with Crippen LogP contribution in [0.3, 0.4) is 0 Å². The van der Waals surface area contributed by atoms with Crippen molar-refractivity contribution >= 4 is 29.2 Å². The number of aliphatic carboxylic acids is 1. The molecule has 2 rings (SSSR count). The van der Waals surface area contributed by atoms with Gasteiger partial charge in [-0.2, -0.15) is 13.2 Å². The Balaban J connectivity index is 2.40. The Morgan fingerprint density at radius 3 is 2.50 bits per heavy atom. The lowest BCUT2D eigenvalue weighted by Gasteiger charge is -2.12. The second-order valence-corrected chi connectivity index (χ2v) is 5.86. The molecule has 2 aromatic carbocycles. The van der Waals surface area contributed by atoms with Crippen molar-refractivity contribution in [2.45, 2.75) is 6.18 Å². The van der Waals surface area contributed by atoms with Gasteiger partial charge in [-0.05, 0) is 29.4 Å². The number of ether oxygens (including phenoxy) is 2. The van der Waals surface area contributed by atoms with Gasteiger partial charge in [0.2, 0.25) is 6.61 Å². The number of benzene rings is 2. The third-order valence-electron chi connectivity index (χ3n) is 3.41. The number of carboxylic acid groups (broad SMARTS) is 1. The summed E-state index contributed by atoms with van der Waals surface area (Å²) in [6.45, 7) is -0.821. The lowest BCUT2D eigenvalue weighted by molar-refractivity contribution is -0.385. The van der Waals surface area contributed by atoms with Crippen LogP contribution in [0.25, 0.3) is 0 Å². The van der Waals surface area contributed by atoms with Crippen LogP contribution in [0.4, 0.5) is 18.9 Å². The summed E-state index contributed by atoms with van der Waals surface area (Å²) in [5, 5.41) is 22.9. The number of alkyl halides is 3. The minimum Gasteiger partial charge on any atom is -0.479 e. The van der Waals surface area contributed by atoms with Gasteiger partial charge >= 0.3 is 12.1 Å². The second kappa shape index (κ2) is 9.31. The molecule has 0 aliphatic carbocycles. The SMILES string of the molecule is COC(=NOCC(=O)O)c1cc(Oc2ccc(C(F)(F)F)cc2Cl)ccc1[N+](=O)[O-]. The Morgan fingerprint density at radius 1 is 1.27 bits per heavy atom. The molecule has 0 aromatic heterocycles. The molecule has 0 fully saturated rings. The summed E-state index contributed by atoms with van der Waals surface area (Å²) < 4.78 is 48.6. The zero-order valence-electron chi connectivity index (χ0n) is 15.0. The van der Waals surface area contributed by atoms with E-state index < -0.39 is 40.8 Å². The maximum Gasteiger partial charge on any atom is 0.416 e. The molecule has 13 heteroatoms. The van der Waals surface area contributed by atoms with Crippen molar-refractivity contribution in [3.63, 3.8) is 0 Å². The molecule has 0 atom stereocenters. The van der Waals surface area contributed by atoms with Crippen LogP contribution in [-0.4, -0.2) is 35.6 Å². The smallest absolute Gasteiger partial charge is 0.416 e. The van der Waals surface area contributed by atoms with E-state index in [2.05, 4.69) is 9.99 Å². The van der Waals surface area contributed by atoms with Crippen molar-refractivity contribution < 1.29 is 42.3 Å². The van der Waals surface area contributed by atoms with E-state index in [0.29, 0.717) is 6.07 Å². The maximum atomic E-state index is 12.7. The van der Waals surface area contributed by atoms with Crippen molar-refractivity contribution in [3.05, 3.63) is 62.7 Å². The van der Waals surface area contributed by atoms with Gasteiger partial charge < -0.3 is 19.4 Å². The van der Waals surface area contributed by atoms with Crippen molar-refractivity contribution in [3.8, 4) is 11.5 Å². The Kier molecular flexibility index (Phi) is 7.06. The average Bonchev–Trinajstić information content (AvgIpc) is 2.65. The highest BCUT2D eigenvalue weighted by Gasteiger charge is 2.31. The molecule has 0 spiro atoms. The summed E-state index contributed by atoms with van der Waals surface area (Å²) in [5.74, 6) is -1.94. The number of nitrogens with zero attached hydrogens (tertiary/aromatic N) is 2. The summed E-state index contributed by atoms with van der Waals surface area (Å²) in [6.07, 6.45) is -4.59. The van der Waals surface area contributed by atoms with Crippen LogP contribution >= 0.6 is 11.6 Å². The normalized spacial score (nSPS) is 11.7. The van der Waals surface area contributed by atoms with E-state index in [1.165, 1.54) is 6.07 Å². The van der Waals surface area contributed by atoms with Gasteiger partial charge in [0.15, 0.2) is 0 Å². The molecule has 0 heterocycles. The third kappa shape index (κ3) is 5.73. The lowest BCUT2D eigenvalue weighted by Crippen LogP contribution is -2.11. The molecule has 160 valence electrons.